The number of esters is 1. The van der Waals surface area contributed by atoms with Crippen LogP contribution in [0.3, 0.4) is 0 Å². The van der Waals surface area contributed by atoms with Crippen LogP contribution in [0.4, 0.5) is 0 Å². The second kappa shape index (κ2) is 10.5. The number of carbonyl (C=O) groups is 2. The number of hydrogen-bond acceptors (Lipinski definition) is 7. The molecule has 2 aromatic heterocycles. The van der Waals surface area contributed by atoms with Crippen molar-refractivity contribution in [3.05, 3.63) is 63.3 Å². The average Bonchev–Trinajstić information content (AvgIpc) is 3.30. The number of nitrogens with one attached hydrogen (secondary N) is 1. The Morgan fingerprint density at radius 3 is 2.53 bits per heavy atom. The number of methoxy groups -OCH3 is 2. The van der Waals surface area contributed by atoms with Gasteiger partial charge in [-0.1, -0.05) is 11.8 Å². The number of Topliss-reactive ketones (excluding diaryl/α,β-unsaturated/α-hetero) is 1. The SMILES string of the molecule is COCCCn1c(SCC(=O)c2cc(C)n(-c3ccc(C(=O)OC)cc3)c2C)n[nH]c1=O. The molecular weight excluding hydrogens is 432 g/mol. The molecule has 0 bridgehead atoms. The fourth-order valence-corrected chi connectivity index (χ4v) is 4.35. The van der Waals surface area contributed by atoms with Crippen LogP contribution >= 0.6 is 11.8 Å². The zero-order chi connectivity index (χ0) is 23.3. The van der Waals surface area contributed by atoms with E-state index in [0.717, 1.165) is 17.1 Å². The van der Waals surface area contributed by atoms with E-state index < -0.39 is 5.97 Å². The maximum Gasteiger partial charge on any atom is 0.343 e. The van der Waals surface area contributed by atoms with E-state index >= 15 is 0 Å². The van der Waals surface area contributed by atoms with Crippen LogP contribution in [0.2, 0.25) is 0 Å². The van der Waals surface area contributed by atoms with Crippen LogP contribution in [0.25, 0.3) is 5.69 Å². The van der Waals surface area contributed by atoms with E-state index in [0.29, 0.717) is 35.9 Å². The second-order valence-electron chi connectivity index (χ2n) is 7.18. The van der Waals surface area contributed by atoms with Gasteiger partial charge in [0.15, 0.2) is 10.9 Å². The van der Waals surface area contributed by atoms with Gasteiger partial charge in [0.1, 0.15) is 0 Å². The summed E-state index contributed by atoms with van der Waals surface area (Å²) in [6.07, 6.45) is 0.674. The van der Waals surface area contributed by atoms with Gasteiger partial charge in [-0.2, -0.15) is 0 Å². The topological polar surface area (TPSA) is 108 Å². The first-order valence-electron chi connectivity index (χ1n) is 10.0. The Labute approximate surface area is 189 Å². The maximum atomic E-state index is 13.0. The van der Waals surface area contributed by atoms with E-state index in [2.05, 4.69) is 10.2 Å². The molecule has 1 aromatic carbocycles. The van der Waals surface area contributed by atoms with Gasteiger partial charge in [-0.3, -0.25) is 9.36 Å². The predicted molar refractivity (Wildman–Crippen MR) is 121 cm³/mol. The molecule has 170 valence electrons. The Hall–Kier alpha value is -3.11. The van der Waals surface area contributed by atoms with Gasteiger partial charge in [-0.25, -0.2) is 14.7 Å². The molecule has 0 radical (unpaired) electrons. The molecule has 0 atom stereocenters. The van der Waals surface area contributed by atoms with E-state index in [1.54, 1.807) is 19.2 Å². The van der Waals surface area contributed by atoms with Crippen LogP contribution < -0.4 is 5.69 Å². The molecule has 3 rings (SSSR count). The minimum Gasteiger partial charge on any atom is -0.465 e. The summed E-state index contributed by atoms with van der Waals surface area (Å²) in [5.74, 6) is -0.302. The summed E-state index contributed by atoms with van der Waals surface area (Å²) in [6.45, 7) is 4.81. The lowest BCUT2D eigenvalue weighted by Crippen LogP contribution is -2.18. The van der Waals surface area contributed by atoms with E-state index in [1.165, 1.54) is 23.4 Å². The number of benzene rings is 1. The first-order valence-corrected chi connectivity index (χ1v) is 11.0. The third-order valence-corrected chi connectivity index (χ3v) is 6.04. The average molecular weight is 459 g/mol. The van der Waals surface area contributed by atoms with Gasteiger partial charge < -0.3 is 14.0 Å². The smallest absolute Gasteiger partial charge is 0.343 e. The van der Waals surface area contributed by atoms with Crippen molar-refractivity contribution < 1.29 is 19.1 Å². The standard InChI is InChI=1S/C22H26N4O5S/c1-14-12-18(15(2)26(14)17-8-6-16(7-9-17)20(28)31-4)19(27)13-32-22-24-23-21(29)25(22)10-5-11-30-3/h6-9,12H,5,10-11,13H2,1-4H3,(H,23,29). The van der Waals surface area contributed by atoms with Crippen molar-refractivity contribution in [3.63, 3.8) is 0 Å². The van der Waals surface area contributed by atoms with Gasteiger partial charge in [0, 0.05) is 42.9 Å². The first-order chi connectivity index (χ1) is 15.4. The Balaban J connectivity index is 1.75. The highest BCUT2D eigenvalue weighted by molar-refractivity contribution is 7.99. The van der Waals surface area contributed by atoms with Crippen LogP contribution in [-0.4, -0.2) is 57.7 Å². The van der Waals surface area contributed by atoms with Gasteiger partial charge in [0.25, 0.3) is 0 Å². The number of aromatic nitrogens is 4. The van der Waals surface area contributed by atoms with Crippen molar-refractivity contribution in [1.29, 1.82) is 0 Å². The van der Waals surface area contributed by atoms with Crippen molar-refractivity contribution >= 4 is 23.5 Å². The summed E-state index contributed by atoms with van der Waals surface area (Å²) in [6, 6.07) is 8.87. The molecule has 0 fully saturated rings. The minimum atomic E-state index is -0.399. The van der Waals surface area contributed by atoms with Crippen LogP contribution in [0.1, 0.15) is 38.5 Å². The number of ketones is 1. The van der Waals surface area contributed by atoms with Crippen molar-refractivity contribution in [2.45, 2.75) is 32.0 Å². The monoisotopic (exact) mass is 458 g/mol. The molecule has 0 unspecified atom stereocenters. The Bertz CT molecular complexity index is 1160. The molecule has 1 N–H and O–H groups in total. The highest BCUT2D eigenvalue weighted by Gasteiger charge is 2.19. The predicted octanol–water partition coefficient (Wildman–Crippen LogP) is 2.78. The molecule has 3 aromatic rings. The molecule has 0 amide bonds. The van der Waals surface area contributed by atoms with Gasteiger partial charge in [-0.05, 0) is 50.6 Å². The normalized spacial score (nSPS) is 11.0. The zero-order valence-electron chi connectivity index (χ0n) is 18.5. The summed E-state index contributed by atoms with van der Waals surface area (Å²) in [5.41, 5.74) is 3.32. The fourth-order valence-electron chi connectivity index (χ4n) is 3.49. The number of aryl methyl sites for hydroxylation is 1. The third kappa shape index (κ3) is 5.03. The van der Waals surface area contributed by atoms with Crippen molar-refractivity contribution in [2.24, 2.45) is 0 Å². The quantitative estimate of drug-likeness (QED) is 0.215. The van der Waals surface area contributed by atoms with E-state index in [1.807, 2.05) is 36.6 Å². The molecule has 0 aliphatic rings. The van der Waals surface area contributed by atoms with Crippen LogP contribution in [-0.2, 0) is 16.0 Å². The van der Waals surface area contributed by atoms with E-state index in [-0.39, 0.29) is 17.2 Å². The van der Waals surface area contributed by atoms with Crippen molar-refractivity contribution in [2.75, 3.05) is 26.6 Å². The highest BCUT2D eigenvalue weighted by Crippen LogP contribution is 2.24. The van der Waals surface area contributed by atoms with Gasteiger partial charge in [0.2, 0.25) is 0 Å². The number of H-pyrrole nitrogens is 1. The molecule has 0 saturated heterocycles. The van der Waals surface area contributed by atoms with E-state index in [9.17, 15) is 14.4 Å². The molecule has 10 heteroatoms. The number of nitrogens with zero attached hydrogens (tertiary/aromatic N) is 3. The number of ether oxygens (including phenoxy) is 2. The minimum absolute atomic E-state index is 0.0561. The largest absolute Gasteiger partial charge is 0.465 e. The Kier molecular flexibility index (Phi) is 7.70. The molecule has 0 spiro atoms. The summed E-state index contributed by atoms with van der Waals surface area (Å²) >= 11 is 1.23. The number of thioether (sulfide) groups is 1. The lowest BCUT2D eigenvalue weighted by atomic mass is 10.2. The number of carbonyl (C=O) groups excluding carboxylic acids is 2. The number of rotatable bonds is 10. The summed E-state index contributed by atoms with van der Waals surface area (Å²) in [4.78, 5) is 36.6. The summed E-state index contributed by atoms with van der Waals surface area (Å²) in [7, 11) is 2.95. The van der Waals surface area contributed by atoms with Gasteiger partial charge >= 0.3 is 11.7 Å². The molecule has 0 aliphatic carbocycles. The number of hydrogen-bond donors (Lipinski definition) is 1. The number of aromatic amines is 1. The lowest BCUT2D eigenvalue weighted by molar-refractivity contribution is 0.0600. The summed E-state index contributed by atoms with van der Waals surface area (Å²) < 4.78 is 13.3. The first kappa shape index (κ1) is 23.6. The highest BCUT2D eigenvalue weighted by atomic mass is 32.2. The lowest BCUT2D eigenvalue weighted by Gasteiger charge is -2.10. The van der Waals surface area contributed by atoms with Crippen LogP contribution in [0.15, 0.2) is 40.3 Å². The maximum absolute atomic E-state index is 13.0. The van der Waals surface area contributed by atoms with Gasteiger partial charge in [0.05, 0.1) is 18.4 Å². The van der Waals surface area contributed by atoms with E-state index in [4.69, 9.17) is 9.47 Å². The van der Waals surface area contributed by atoms with Gasteiger partial charge in [-0.15, -0.1) is 5.10 Å². The Morgan fingerprint density at radius 2 is 1.88 bits per heavy atom. The molecule has 0 saturated carbocycles. The molecule has 32 heavy (non-hydrogen) atoms. The molecule has 2 heterocycles. The zero-order valence-corrected chi connectivity index (χ0v) is 19.3. The Morgan fingerprint density at radius 1 is 1.16 bits per heavy atom. The van der Waals surface area contributed by atoms with Crippen molar-refractivity contribution in [3.8, 4) is 5.69 Å². The van der Waals surface area contributed by atoms with Crippen LogP contribution in [0, 0.1) is 13.8 Å². The second-order valence-corrected chi connectivity index (χ2v) is 8.12. The fraction of sp³-hybridized carbons (Fsp3) is 0.364. The van der Waals surface area contributed by atoms with Crippen LogP contribution in [0.5, 0.6) is 0 Å². The molecular formula is C22H26N4O5S. The third-order valence-electron chi connectivity index (χ3n) is 5.06. The molecule has 0 aliphatic heterocycles. The van der Waals surface area contributed by atoms with Crippen molar-refractivity contribution in [1.82, 2.24) is 19.3 Å². The molecule has 9 nitrogen and oxygen atoms in total. The summed E-state index contributed by atoms with van der Waals surface area (Å²) in [5, 5.41) is 6.95.